The third kappa shape index (κ3) is 16.2. The maximum absolute atomic E-state index is 14.1. The average Bonchev–Trinajstić information content (AvgIpc) is 3.21. The van der Waals surface area contributed by atoms with Crippen molar-refractivity contribution < 1.29 is 63.9 Å². The number of aromatic hydroxyl groups is 1. The number of carboxylic acid groups (broad SMARTS) is 1. The highest BCUT2D eigenvalue weighted by Crippen LogP contribution is 2.14. The zero-order chi connectivity index (χ0) is 45.1. The number of nitrogens with one attached hydrogen (secondary N) is 7. The van der Waals surface area contributed by atoms with Gasteiger partial charge in [0.05, 0.1) is 31.9 Å². The number of carbonyl (C=O) groups excluding carboxylic acids is 7. The van der Waals surface area contributed by atoms with Gasteiger partial charge in [-0.3, -0.25) is 33.6 Å². The van der Waals surface area contributed by atoms with E-state index in [0.29, 0.717) is 17.5 Å². The van der Waals surface area contributed by atoms with Crippen molar-refractivity contribution in [3.63, 3.8) is 0 Å². The predicted octanol–water partition coefficient (Wildman–Crippen LogP) is -3.95. The first-order chi connectivity index (χ1) is 28.3. The van der Waals surface area contributed by atoms with Crippen LogP contribution in [-0.4, -0.2) is 141 Å². The molecular weight excluding hydrogens is 788 g/mol. The van der Waals surface area contributed by atoms with E-state index in [9.17, 15) is 63.9 Å². The summed E-state index contributed by atoms with van der Waals surface area (Å²) < 4.78 is 0. The first-order valence-corrected chi connectivity index (χ1v) is 19.1. The van der Waals surface area contributed by atoms with Gasteiger partial charge in [-0.2, -0.15) is 0 Å². The Morgan fingerprint density at radius 3 is 1.58 bits per heavy atom. The summed E-state index contributed by atoms with van der Waals surface area (Å²) in [6, 6.07) is 4.09. The molecule has 0 radical (unpaired) electrons. The van der Waals surface area contributed by atoms with E-state index in [4.69, 9.17) is 5.73 Å². The van der Waals surface area contributed by atoms with E-state index < -0.39 is 121 Å². The summed E-state index contributed by atoms with van der Waals surface area (Å²) >= 11 is 0. The van der Waals surface area contributed by atoms with E-state index in [-0.39, 0.29) is 18.6 Å². The molecule has 330 valence electrons. The summed E-state index contributed by atoms with van der Waals surface area (Å²) in [7, 11) is 0. The quantitative estimate of drug-likeness (QED) is 0.0480. The minimum atomic E-state index is -1.74. The van der Waals surface area contributed by atoms with Crippen LogP contribution in [0.4, 0.5) is 0 Å². The van der Waals surface area contributed by atoms with Gasteiger partial charge in [-0.15, -0.1) is 0 Å². The number of carboxylic acids is 1. The molecule has 2 rings (SSSR count). The number of benzene rings is 2. The van der Waals surface area contributed by atoms with Crippen LogP contribution in [-0.2, 0) is 51.2 Å². The molecule has 0 aliphatic heterocycles. The number of hydrogen-bond donors (Lipinski definition) is 13. The van der Waals surface area contributed by atoms with Crippen molar-refractivity contribution >= 4 is 47.3 Å². The lowest BCUT2D eigenvalue weighted by Gasteiger charge is -2.29. The summed E-state index contributed by atoms with van der Waals surface area (Å²) in [4.78, 5) is 104. The van der Waals surface area contributed by atoms with Crippen molar-refractivity contribution in [1.82, 2.24) is 37.2 Å². The molecule has 0 saturated carbocycles. The Labute approximate surface area is 346 Å². The molecule has 2 aromatic carbocycles. The van der Waals surface area contributed by atoms with Crippen molar-refractivity contribution in [1.29, 1.82) is 0 Å². The van der Waals surface area contributed by atoms with Gasteiger partial charge in [0.15, 0.2) is 0 Å². The number of phenols is 1. The normalized spacial score (nSPS) is 15.5. The summed E-state index contributed by atoms with van der Waals surface area (Å²) in [5.74, 6) is -8.52. The molecule has 21 heteroatoms. The highest BCUT2D eigenvalue weighted by atomic mass is 16.4. The van der Waals surface area contributed by atoms with Crippen LogP contribution < -0.4 is 43.0 Å². The van der Waals surface area contributed by atoms with Crippen molar-refractivity contribution in [2.24, 2.45) is 11.7 Å². The van der Waals surface area contributed by atoms with Crippen LogP contribution in [0.15, 0.2) is 54.6 Å². The summed E-state index contributed by atoms with van der Waals surface area (Å²) in [6.07, 6.45) is -1.53. The molecule has 2 aromatic rings. The number of aliphatic hydroxyl groups is 3. The number of aliphatic hydroxyl groups excluding tert-OH is 3. The van der Waals surface area contributed by atoms with Crippen LogP contribution in [0.5, 0.6) is 5.75 Å². The molecule has 0 bridgehead atoms. The second-order valence-corrected chi connectivity index (χ2v) is 14.2. The molecule has 0 aromatic heterocycles. The van der Waals surface area contributed by atoms with E-state index in [1.54, 1.807) is 44.2 Å². The van der Waals surface area contributed by atoms with Crippen molar-refractivity contribution in [2.75, 3.05) is 19.8 Å². The van der Waals surface area contributed by atoms with E-state index in [2.05, 4.69) is 31.9 Å². The molecular formula is C39H56N8O13. The Morgan fingerprint density at radius 2 is 1.08 bits per heavy atom. The second kappa shape index (κ2) is 24.7. The van der Waals surface area contributed by atoms with Gasteiger partial charge < -0.3 is 68.5 Å². The maximum Gasteiger partial charge on any atom is 0.328 e. The minimum absolute atomic E-state index is 0.0707. The lowest BCUT2D eigenvalue weighted by atomic mass is 9.96. The number of hydrogen-bond acceptors (Lipinski definition) is 13. The molecule has 0 aliphatic carbocycles. The number of nitrogens with two attached hydrogens (primary N) is 1. The second-order valence-electron chi connectivity index (χ2n) is 14.2. The zero-order valence-electron chi connectivity index (χ0n) is 33.7. The van der Waals surface area contributed by atoms with Gasteiger partial charge in [-0.1, -0.05) is 62.7 Å². The lowest BCUT2D eigenvalue weighted by Crippen LogP contribution is -2.62. The molecule has 0 spiro atoms. The number of rotatable bonds is 24. The van der Waals surface area contributed by atoms with Gasteiger partial charge in [0.25, 0.3) is 0 Å². The number of amides is 7. The predicted molar refractivity (Wildman–Crippen MR) is 213 cm³/mol. The fourth-order valence-corrected chi connectivity index (χ4v) is 5.49. The maximum atomic E-state index is 14.1. The Kier molecular flexibility index (Phi) is 20.6. The molecule has 0 aliphatic rings. The summed E-state index contributed by atoms with van der Waals surface area (Å²) in [6.45, 7) is 3.43. The van der Waals surface area contributed by atoms with E-state index in [1.807, 2.05) is 5.32 Å². The molecule has 21 nitrogen and oxygen atoms in total. The van der Waals surface area contributed by atoms with Gasteiger partial charge >= 0.3 is 5.97 Å². The summed E-state index contributed by atoms with van der Waals surface area (Å²) in [5.41, 5.74) is 6.54. The van der Waals surface area contributed by atoms with Crippen LogP contribution in [0.2, 0.25) is 0 Å². The summed E-state index contributed by atoms with van der Waals surface area (Å²) in [5, 5.41) is 65.0. The van der Waals surface area contributed by atoms with Crippen molar-refractivity contribution in [3.05, 3.63) is 65.7 Å². The first-order valence-electron chi connectivity index (χ1n) is 19.1. The van der Waals surface area contributed by atoms with E-state index >= 15 is 0 Å². The van der Waals surface area contributed by atoms with Crippen molar-refractivity contribution in [3.8, 4) is 5.75 Å². The molecule has 14 N–H and O–H groups in total. The van der Waals surface area contributed by atoms with Gasteiger partial charge in [-0.25, -0.2) is 4.79 Å². The van der Waals surface area contributed by atoms with E-state index in [1.165, 1.54) is 31.2 Å². The molecule has 0 saturated heterocycles. The van der Waals surface area contributed by atoms with Crippen LogP contribution in [0.25, 0.3) is 0 Å². The fraction of sp³-hybridized carbons (Fsp3) is 0.487. The SMILES string of the molecule is CC[C@H](C)[C@H](NC(=O)[C@H](Cc1ccc(O)cc1)NC(=O)CNC(=O)[C@H](CO)NC(=O)[C@H](C)N)C(=O)N[C@@H](Cc1ccccc1)C(=O)N[C@H](C(=O)N[C@@H](CO)C(=O)O)[C@@H](C)O. The third-order valence-electron chi connectivity index (χ3n) is 9.25. The Morgan fingerprint density at radius 1 is 0.600 bits per heavy atom. The molecule has 7 amide bonds. The smallest absolute Gasteiger partial charge is 0.328 e. The van der Waals surface area contributed by atoms with Crippen LogP contribution >= 0.6 is 0 Å². The lowest BCUT2D eigenvalue weighted by molar-refractivity contribution is -0.144. The Bertz CT molecular complexity index is 1780. The standard InChI is InChI=1S/C39H56N8O13/c1-5-20(2)31(37(57)43-27(15-23-9-7-6-8-10-23)36(56)47-32(22(4)50)38(58)45-29(19-49)39(59)60)46-35(55)26(16-24-11-13-25(51)14-12-24)42-30(52)17-41-34(54)28(18-48)44-33(53)21(3)40/h6-14,20-22,26-29,31-32,48-51H,5,15-19,40H2,1-4H3,(H,41,54)(H,42,52)(H,43,57)(H,44,53)(H,45,58)(H,46,55)(H,47,56)(H,59,60)/t20-,21-,22+,26-,27-,28-,29-,31-,32-/m0/s1. The molecule has 0 heterocycles. The van der Waals surface area contributed by atoms with E-state index in [0.717, 1.165) is 6.92 Å². The highest BCUT2D eigenvalue weighted by molar-refractivity contribution is 5.97. The van der Waals surface area contributed by atoms with Crippen LogP contribution in [0.1, 0.15) is 45.2 Å². The van der Waals surface area contributed by atoms with Gasteiger partial charge in [0.2, 0.25) is 41.4 Å². The zero-order valence-corrected chi connectivity index (χ0v) is 33.7. The largest absolute Gasteiger partial charge is 0.508 e. The number of carbonyl (C=O) groups is 8. The Balaban J connectivity index is 2.38. The van der Waals surface area contributed by atoms with Gasteiger partial charge in [0, 0.05) is 12.8 Å². The molecule has 60 heavy (non-hydrogen) atoms. The third-order valence-corrected chi connectivity index (χ3v) is 9.25. The average molecular weight is 845 g/mol. The topological polar surface area (TPSA) is 348 Å². The first kappa shape index (κ1) is 50.0. The van der Waals surface area contributed by atoms with Crippen LogP contribution in [0, 0.1) is 5.92 Å². The fourth-order valence-electron chi connectivity index (χ4n) is 5.49. The Hall–Kier alpha value is -6.16. The van der Waals surface area contributed by atoms with Crippen molar-refractivity contribution in [2.45, 2.75) is 95.4 Å². The number of phenolic OH excluding ortho intramolecular Hbond substituents is 1. The van der Waals surface area contributed by atoms with Crippen LogP contribution in [0.3, 0.4) is 0 Å². The number of aliphatic carboxylic acids is 1. The monoisotopic (exact) mass is 844 g/mol. The van der Waals surface area contributed by atoms with Gasteiger partial charge in [0.1, 0.15) is 42.0 Å². The highest BCUT2D eigenvalue weighted by Gasteiger charge is 2.35. The molecule has 0 unspecified atom stereocenters. The molecule has 0 fully saturated rings. The molecule has 9 atom stereocenters. The minimum Gasteiger partial charge on any atom is -0.508 e. The van der Waals surface area contributed by atoms with Gasteiger partial charge in [-0.05, 0) is 43.0 Å².